The molecular weight excluding hydrogens is 931 g/mol. The molecule has 2 unspecified atom stereocenters. The van der Waals surface area contributed by atoms with Crippen LogP contribution in [0.2, 0.25) is 0 Å². The van der Waals surface area contributed by atoms with Crippen LogP contribution < -0.4 is 31.9 Å². The maximum atomic E-state index is 14.5. The molecule has 17 heteroatoms. The topological polar surface area (TPSA) is 165 Å². The van der Waals surface area contributed by atoms with Gasteiger partial charge in [0, 0.05) is 36.5 Å². The largest absolute Gasteiger partial charge is 1.00 e. The fourth-order valence-electron chi connectivity index (χ4n) is 7.38. The van der Waals surface area contributed by atoms with Crippen molar-refractivity contribution in [2.75, 3.05) is 17.4 Å². The number of para-hydroxylation sites is 1. The highest BCUT2D eigenvalue weighted by Crippen LogP contribution is 2.43. The molecule has 4 heterocycles. The summed E-state index contributed by atoms with van der Waals surface area (Å²) in [5.41, 5.74) is 1.93. The van der Waals surface area contributed by atoms with Crippen LogP contribution in [-0.4, -0.2) is 80.7 Å². The van der Waals surface area contributed by atoms with Crippen LogP contribution in [0.3, 0.4) is 0 Å². The average Bonchev–Trinajstić information content (AvgIpc) is 3.60. The van der Waals surface area contributed by atoms with Gasteiger partial charge in [-0.05, 0) is 88.4 Å². The van der Waals surface area contributed by atoms with Crippen molar-refractivity contribution in [1.29, 1.82) is 0 Å². The number of carbonyl (C=O) groups is 6. The molecule has 4 aromatic rings. The molecule has 66 heavy (non-hydrogen) atoms. The van der Waals surface area contributed by atoms with Gasteiger partial charge >= 0.3 is 24.1 Å². The third-order valence-corrected chi connectivity index (χ3v) is 11.6. The Morgan fingerprint density at radius 2 is 1.41 bits per heavy atom. The van der Waals surface area contributed by atoms with Gasteiger partial charge in [-0.25, -0.2) is 14.4 Å². The van der Waals surface area contributed by atoms with Crippen LogP contribution in [0.25, 0.3) is 0 Å². The summed E-state index contributed by atoms with van der Waals surface area (Å²) < 4.78 is 18.6. The maximum Gasteiger partial charge on any atom is 0.534 e. The van der Waals surface area contributed by atoms with Crippen LogP contribution in [0.15, 0.2) is 138 Å². The Labute approximate surface area is 398 Å². The molecule has 3 aromatic carbocycles. The molecule has 3 aliphatic heterocycles. The molecule has 0 radical (unpaired) electrons. The summed E-state index contributed by atoms with van der Waals surface area (Å²) in [4.78, 5) is 89.5. The number of rotatable bonds is 11. The first-order chi connectivity index (χ1) is 30.9. The van der Waals surface area contributed by atoms with Gasteiger partial charge in [-0.1, -0.05) is 78.9 Å². The van der Waals surface area contributed by atoms with Crippen LogP contribution in [0.5, 0.6) is 0 Å². The van der Waals surface area contributed by atoms with E-state index in [1.807, 2.05) is 60.7 Å². The van der Waals surface area contributed by atoms with Crippen molar-refractivity contribution in [1.82, 2.24) is 15.1 Å². The van der Waals surface area contributed by atoms with Crippen molar-refractivity contribution in [2.45, 2.75) is 89.8 Å². The number of benzene rings is 3. The summed E-state index contributed by atoms with van der Waals surface area (Å²) >= 11 is 1.36. The zero-order chi connectivity index (χ0) is 46.5. The number of ether oxygens (including phenoxy) is 3. The van der Waals surface area contributed by atoms with Crippen LogP contribution >= 0.6 is 11.8 Å². The third kappa shape index (κ3) is 12.1. The molecule has 2 fully saturated rings. The van der Waals surface area contributed by atoms with Crippen molar-refractivity contribution in [2.24, 2.45) is 0 Å². The van der Waals surface area contributed by atoms with Crippen LogP contribution in [0, 0.1) is 0 Å². The van der Waals surface area contributed by atoms with E-state index in [0.29, 0.717) is 29.8 Å². The number of hydrogen-bond acceptors (Lipinski definition) is 11. The minimum absolute atomic E-state index is 0. The average molecular weight is 983 g/mol. The summed E-state index contributed by atoms with van der Waals surface area (Å²) in [5, 5.41) is 2.96. The van der Waals surface area contributed by atoms with Crippen molar-refractivity contribution in [3.05, 3.63) is 155 Å². The van der Waals surface area contributed by atoms with E-state index in [0.717, 1.165) is 21.8 Å². The highest BCUT2D eigenvalue weighted by molar-refractivity contribution is 8.00. The second kappa shape index (κ2) is 20.8. The van der Waals surface area contributed by atoms with E-state index in [2.05, 4.69) is 5.32 Å². The number of hydroxylamine groups is 1. The predicted molar refractivity (Wildman–Crippen MR) is 240 cm³/mol. The van der Waals surface area contributed by atoms with Crippen molar-refractivity contribution in [3.8, 4) is 0 Å². The molecule has 2 atom stereocenters. The Morgan fingerprint density at radius 3 is 1.98 bits per heavy atom. The number of pyridine rings is 1. The lowest BCUT2D eigenvalue weighted by atomic mass is 10.00. The maximum absolute atomic E-state index is 14.5. The van der Waals surface area contributed by atoms with Gasteiger partial charge in [0.2, 0.25) is 12.5 Å². The number of hydrogen-bond donors (Lipinski definition) is 1. The summed E-state index contributed by atoms with van der Waals surface area (Å²) in [6.45, 7) is 10.8. The molecule has 4 amide bonds. The number of fused-ring (bicyclic) bond motifs is 1. The van der Waals surface area contributed by atoms with Gasteiger partial charge in [-0.15, -0.1) is 16.8 Å². The molecular formula is C49H52BrN5O10S. The van der Waals surface area contributed by atoms with Crippen LogP contribution in [0.4, 0.5) is 15.3 Å². The van der Waals surface area contributed by atoms with Gasteiger partial charge < -0.3 is 41.4 Å². The minimum atomic E-state index is -1.02. The monoisotopic (exact) mass is 981 g/mol. The van der Waals surface area contributed by atoms with Crippen LogP contribution in [0.1, 0.15) is 70.8 Å². The smallest absolute Gasteiger partial charge is 0.534 e. The number of esters is 1. The second-order valence-corrected chi connectivity index (χ2v) is 18.7. The molecule has 3 aliphatic rings. The number of thioether (sulfide) groups is 1. The number of aromatic nitrogens is 1. The Bertz CT molecular complexity index is 2450. The van der Waals surface area contributed by atoms with Gasteiger partial charge in [0.1, 0.15) is 28.3 Å². The highest BCUT2D eigenvalue weighted by atomic mass is 79.9. The minimum Gasteiger partial charge on any atom is -1.00 e. The standard InChI is InChI=1S/C49H51N5O10S.BrH/c1-48(2,3)62-46(59)50-39-43(57)53-40(45(58)61-41(33-16-10-7-11-17-33)34-18-12-8-13-19-34)36(31-65-44(39)53)28-35-24-27-52(42(35)56)29-32-22-25-51(26-23-32)30-38(55)54(37-20-14-9-15-21-37)64-47(60)63-49(4,5)6;/h7-23,25-26,28,39,41,44H,24,27,29-31H2,1-6H3;1H. The fourth-order valence-corrected chi connectivity index (χ4v) is 8.69. The van der Waals surface area contributed by atoms with E-state index in [-0.39, 0.29) is 47.4 Å². The lowest BCUT2D eigenvalue weighted by molar-refractivity contribution is -0.684. The number of β-lactam (4-membered cyclic amide) rings is 1. The lowest BCUT2D eigenvalue weighted by Crippen LogP contribution is -3.00. The summed E-state index contributed by atoms with van der Waals surface area (Å²) in [7, 11) is 0. The van der Waals surface area contributed by atoms with E-state index in [1.54, 1.807) is 112 Å². The molecule has 2 saturated heterocycles. The number of alkyl carbamates (subject to hydrolysis) is 1. The normalized spacial score (nSPS) is 17.7. The molecule has 0 saturated carbocycles. The van der Waals surface area contributed by atoms with E-state index < -0.39 is 58.8 Å². The molecule has 7 rings (SSSR count). The fraction of sp³-hybridized carbons (Fsp3) is 0.327. The molecule has 0 spiro atoms. The second-order valence-electron chi connectivity index (χ2n) is 17.6. The Hall–Kier alpha value is -6.46. The number of carbonyl (C=O) groups excluding carboxylic acids is 6. The summed E-state index contributed by atoms with van der Waals surface area (Å²) in [5.74, 6) is -1.75. The quantitative estimate of drug-likeness (QED) is 0.0579. The number of anilines is 1. The summed E-state index contributed by atoms with van der Waals surface area (Å²) in [6, 6.07) is 29.7. The Kier molecular flexibility index (Phi) is 15.4. The van der Waals surface area contributed by atoms with Gasteiger partial charge in [-0.3, -0.25) is 24.1 Å². The zero-order valence-corrected chi connectivity index (χ0v) is 39.9. The molecule has 1 N–H and O–H groups in total. The Morgan fingerprint density at radius 1 is 0.833 bits per heavy atom. The van der Waals surface area contributed by atoms with E-state index >= 15 is 0 Å². The van der Waals surface area contributed by atoms with E-state index in [4.69, 9.17) is 19.0 Å². The van der Waals surface area contributed by atoms with Gasteiger partial charge in [0.05, 0.1) is 5.69 Å². The number of allylic oxidation sites excluding steroid dienone is 1. The van der Waals surface area contributed by atoms with Gasteiger partial charge in [-0.2, -0.15) is 4.57 Å². The van der Waals surface area contributed by atoms with Crippen molar-refractivity contribution < 1.29 is 69.4 Å². The van der Waals surface area contributed by atoms with Crippen molar-refractivity contribution in [3.63, 3.8) is 0 Å². The molecule has 346 valence electrons. The first-order valence-electron chi connectivity index (χ1n) is 21.2. The van der Waals surface area contributed by atoms with Gasteiger partial charge in [0.15, 0.2) is 18.5 Å². The molecule has 0 bridgehead atoms. The number of nitrogens with one attached hydrogen (secondary N) is 1. The predicted octanol–water partition coefficient (Wildman–Crippen LogP) is 3.93. The summed E-state index contributed by atoms with van der Waals surface area (Å²) in [6.07, 6.45) is 2.91. The van der Waals surface area contributed by atoms with Gasteiger partial charge in [0.25, 0.3) is 5.91 Å². The number of halogens is 1. The van der Waals surface area contributed by atoms with E-state index in [1.165, 1.54) is 16.7 Å². The van der Waals surface area contributed by atoms with E-state index in [9.17, 15) is 28.8 Å². The molecule has 0 aliphatic carbocycles. The first-order valence-corrected chi connectivity index (χ1v) is 22.2. The van der Waals surface area contributed by atoms with Crippen molar-refractivity contribution >= 4 is 53.4 Å². The Balaban J connectivity index is 0.00000720. The first kappa shape index (κ1) is 49.0. The molecule has 15 nitrogen and oxygen atoms in total. The number of likely N-dealkylation sites (tertiary alicyclic amines) is 1. The zero-order valence-electron chi connectivity index (χ0n) is 37.5. The highest BCUT2D eigenvalue weighted by Gasteiger charge is 2.55. The SMILES string of the molecule is CC(C)(C)OC(=O)NC1C(=O)N2C(C(=O)OC(c3ccccc3)c3ccccc3)=C(C=C3CCN(Cc4cc[n+](CC(=O)N(OC(=O)OC(C)(C)C)c5ccccc5)cc4)C3=O)CSC12.[Br-]. The third-order valence-electron chi connectivity index (χ3n) is 10.3. The number of nitrogens with zero attached hydrogens (tertiary/aromatic N) is 4. The molecule has 1 aromatic heterocycles. The number of amides is 4. The van der Waals surface area contributed by atoms with Crippen LogP contribution in [-0.2, 0) is 51.3 Å². The lowest BCUT2D eigenvalue weighted by Gasteiger charge is -2.49.